The van der Waals surface area contributed by atoms with E-state index in [-0.39, 0.29) is 11.9 Å². The molecule has 2 aromatic rings. The van der Waals surface area contributed by atoms with Crippen LogP contribution in [0.1, 0.15) is 17.2 Å². The molecule has 0 radical (unpaired) electrons. The highest BCUT2D eigenvalue weighted by atomic mass is 79.9. The molecular formula is C13H14BrFN4. The fraction of sp³-hybridized carbons (Fsp3) is 0.154. The smallest absolute Gasteiger partial charge is 0.137 e. The lowest BCUT2D eigenvalue weighted by molar-refractivity contribution is 0.548. The normalized spacial score (nSPS) is 12.4. The quantitative estimate of drug-likeness (QED) is 0.595. The summed E-state index contributed by atoms with van der Waals surface area (Å²) in [6.45, 7) is 0. The molecule has 6 heteroatoms. The van der Waals surface area contributed by atoms with Crippen molar-refractivity contribution in [2.75, 3.05) is 5.73 Å². The number of pyridine rings is 1. The average molecular weight is 325 g/mol. The van der Waals surface area contributed by atoms with E-state index in [1.807, 2.05) is 0 Å². The fourth-order valence-electron chi connectivity index (χ4n) is 1.83. The van der Waals surface area contributed by atoms with E-state index in [0.29, 0.717) is 16.6 Å². The Morgan fingerprint density at radius 3 is 2.79 bits per heavy atom. The van der Waals surface area contributed by atoms with Gasteiger partial charge in [-0.1, -0.05) is 6.07 Å². The molecule has 0 aliphatic carbocycles. The molecule has 4 nitrogen and oxygen atoms in total. The maximum Gasteiger partial charge on any atom is 0.137 e. The molecule has 0 amide bonds. The van der Waals surface area contributed by atoms with Crippen LogP contribution in [0.5, 0.6) is 0 Å². The van der Waals surface area contributed by atoms with Crippen molar-refractivity contribution in [3.05, 3.63) is 58.1 Å². The van der Waals surface area contributed by atoms with Gasteiger partial charge < -0.3 is 5.73 Å². The predicted molar refractivity (Wildman–Crippen MR) is 76.5 cm³/mol. The predicted octanol–water partition coefficient (Wildman–Crippen LogP) is 2.31. The van der Waals surface area contributed by atoms with Gasteiger partial charge in [0.15, 0.2) is 0 Å². The molecule has 1 heterocycles. The van der Waals surface area contributed by atoms with E-state index in [2.05, 4.69) is 26.3 Å². The lowest BCUT2D eigenvalue weighted by Gasteiger charge is -2.17. The molecule has 0 aliphatic heterocycles. The average Bonchev–Trinajstić information content (AvgIpc) is 2.41. The highest BCUT2D eigenvalue weighted by Crippen LogP contribution is 2.24. The number of nitrogens with one attached hydrogen (secondary N) is 1. The van der Waals surface area contributed by atoms with Gasteiger partial charge in [-0.15, -0.1) is 0 Å². The van der Waals surface area contributed by atoms with Gasteiger partial charge in [-0.25, -0.2) is 4.39 Å². The van der Waals surface area contributed by atoms with Crippen molar-refractivity contribution in [3.63, 3.8) is 0 Å². The first-order valence-electron chi connectivity index (χ1n) is 5.71. The van der Waals surface area contributed by atoms with Crippen LogP contribution in [-0.4, -0.2) is 4.98 Å². The van der Waals surface area contributed by atoms with Crippen LogP contribution >= 0.6 is 15.9 Å². The Kier molecular flexibility index (Phi) is 4.47. The van der Waals surface area contributed by atoms with Crippen molar-refractivity contribution in [2.45, 2.75) is 12.5 Å². The molecule has 1 atom stereocenters. The maximum atomic E-state index is 13.2. The molecule has 0 fully saturated rings. The number of hydrazine groups is 1. The molecule has 1 aromatic heterocycles. The van der Waals surface area contributed by atoms with E-state index in [0.717, 1.165) is 11.1 Å². The van der Waals surface area contributed by atoms with Gasteiger partial charge in [0.1, 0.15) is 5.82 Å². The fourth-order valence-corrected chi connectivity index (χ4v) is 2.23. The largest absolute Gasteiger partial charge is 0.398 e. The Morgan fingerprint density at radius 2 is 2.16 bits per heavy atom. The third-order valence-corrected chi connectivity index (χ3v) is 3.52. The second-order valence-electron chi connectivity index (χ2n) is 4.17. The van der Waals surface area contributed by atoms with Crippen molar-refractivity contribution in [3.8, 4) is 0 Å². The number of hydrogen-bond acceptors (Lipinski definition) is 4. The van der Waals surface area contributed by atoms with E-state index in [1.54, 1.807) is 30.6 Å². The summed E-state index contributed by atoms with van der Waals surface area (Å²) in [5, 5.41) is 0. The summed E-state index contributed by atoms with van der Waals surface area (Å²) in [6.07, 6.45) is 3.92. The number of nitrogens with two attached hydrogens (primary N) is 2. The van der Waals surface area contributed by atoms with Gasteiger partial charge in [0, 0.05) is 18.1 Å². The van der Waals surface area contributed by atoms with Crippen LogP contribution < -0.4 is 17.0 Å². The molecule has 0 spiro atoms. The zero-order valence-electron chi connectivity index (χ0n) is 10.1. The molecule has 19 heavy (non-hydrogen) atoms. The second-order valence-corrected chi connectivity index (χ2v) is 5.03. The molecule has 1 unspecified atom stereocenters. The summed E-state index contributed by atoms with van der Waals surface area (Å²) in [7, 11) is 0. The van der Waals surface area contributed by atoms with Crippen molar-refractivity contribution in [1.82, 2.24) is 10.4 Å². The number of hydrogen-bond donors (Lipinski definition) is 3. The van der Waals surface area contributed by atoms with E-state index in [9.17, 15) is 4.39 Å². The number of rotatable bonds is 4. The van der Waals surface area contributed by atoms with Crippen LogP contribution in [0, 0.1) is 5.82 Å². The summed E-state index contributed by atoms with van der Waals surface area (Å²) >= 11 is 3.16. The second kappa shape index (κ2) is 6.10. The minimum Gasteiger partial charge on any atom is -0.398 e. The monoisotopic (exact) mass is 324 g/mol. The minimum absolute atomic E-state index is 0.164. The van der Waals surface area contributed by atoms with Gasteiger partial charge in [0.25, 0.3) is 0 Å². The van der Waals surface area contributed by atoms with Gasteiger partial charge in [0.05, 0.1) is 10.5 Å². The van der Waals surface area contributed by atoms with Crippen LogP contribution in [0.25, 0.3) is 0 Å². The number of aromatic nitrogens is 1. The SMILES string of the molecule is NNC(Cc1cnccc1N)c1ccc(F)c(Br)c1. The van der Waals surface area contributed by atoms with Gasteiger partial charge in [0.2, 0.25) is 0 Å². The number of benzene rings is 1. The molecule has 100 valence electrons. The summed E-state index contributed by atoms with van der Waals surface area (Å²) in [4.78, 5) is 4.04. The van der Waals surface area contributed by atoms with Gasteiger partial charge in [-0.3, -0.25) is 16.3 Å². The van der Waals surface area contributed by atoms with Gasteiger partial charge in [-0.2, -0.15) is 0 Å². The topological polar surface area (TPSA) is 77.0 Å². The first-order valence-corrected chi connectivity index (χ1v) is 6.50. The lowest BCUT2D eigenvalue weighted by atomic mass is 9.99. The first-order chi connectivity index (χ1) is 9.11. The van der Waals surface area contributed by atoms with Crippen LogP contribution in [-0.2, 0) is 6.42 Å². The molecule has 0 saturated heterocycles. The Balaban J connectivity index is 2.25. The van der Waals surface area contributed by atoms with Crippen LogP contribution in [0.4, 0.5) is 10.1 Å². The molecule has 0 saturated carbocycles. The van der Waals surface area contributed by atoms with E-state index < -0.39 is 0 Å². The standard InChI is InChI=1S/C13H14BrFN4/c14-10-5-8(1-2-11(10)15)13(19-17)6-9-7-18-4-3-12(9)16/h1-5,7,13,19H,6,17H2,(H2,16,18). The summed E-state index contributed by atoms with van der Waals surface area (Å²) < 4.78 is 13.6. The first kappa shape index (κ1) is 13.9. The zero-order valence-corrected chi connectivity index (χ0v) is 11.7. The minimum atomic E-state index is -0.305. The molecule has 0 aliphatic rings. The number of anilines is 1. The van der Waals surface area contributed by atoms with Crippen molar-refractivity contribution in [2.24, 2.45) is 5.84 Å². The molecule has 5 N–H and O–H groups in total. The van der Waals surface area contributed by atoms with Crippen LogP contribution in [0.15, 0.2) is 41.1 Å². The Morgan fingerprint density at radius 1 is 1.37 bits per heavy atom. The summed E-state index contributed by atoms with van der Waals surface area (Å²) in [6, 6.07) is 6.37. The molecule has 0 bridgehead atoms. The summed E-state index contributed by atoms with van der Waals surface area (Å²) in [5.41, 5.74) is 11.0. The number of halogens is 2. The Hall–Kier alpha value is -1.50. The maximum absolute atomic E-state index is 13.2. The van der Waals surface area contributed by atoms with Crippen LogP contribution in [0.3, 0.4) is 0 Å². The van der Waals surface area contributed by atoms with Crippen molar-refractivity contribution < 1.29 is 4.39 Å². The molecular weight excluding hydrogens is 311 g/mol. The summed E-state index contributed by atoms with van der Waals surface area (Å²) in [5.74, 6) is 5.27. The molecule has 1 aromatic carbocycles. The van der Waals surface area contributed by atoms with Crippen molar-refractivity contribution in [1.29, 1.82) is 0 Å². The van der Waals surface area contributed by atoms with Crippen molar-refractivity contribution >= 4 is 21.6 Å². The third kappa shape index (κ3) is 3.28. The van der Waals surface area contributed by atoms with Crippen LogP contribution in [0.2, 0.25) is 0 Å². The lowest BCUT2D eigenvalue weighted by Crippen LogP contribution is -2.29. The highest BCUT2D eigenvalue weighted by molar-refractivity contribution is 9.10. The Bertz CT molecular complexity index is 576. The van der Waals surface area contributed by atoms with E-state index >= 15 is 0 Å². The third-order valence-electron chi connectivity index (χ3n) is 2.91. The molecule has 2 rings (SSSR count). The van der Waals surface area contributed by atoms with E-state index in [4.69, 9.17) is 11.6 Å². The van der Waals surface area contributed by atoms with Gasteiger partial charge >= 0.3 is 0 Å². The number of nitrogen functional groups attached to an aromatic ring is 1. The zero-order chi connectivity index (χ0) is 13.8. The highest BCUT2D eigenvalue weighted by Gasteiger charge is 2.14. The Labute approximate surface area is 119 Å². The van der Waals surface area contributed by atoms with Gasteiger partial charge in [-0.05, 0) is 51.7 Å². The van der Waals surface area contributed by atoms with E-state index in [1.165, 1.54) is 6.07 Å². The number of nitrogens with zero attached hydrogens (tertiary/aromatic N) is 1.